The quantitative estimate of drug-likeness (QED) is 0.177. The van der Waals surface area contributed by atoms with Gasteiger partial charge >= 0.3 is 36.4 Å². The van der Waals surface area contributed by atoms with Crippen molar-refractivity contribution in [3.8, 4) is 0 Å². The van der Waals surface area contributed by atoms with Crippen LogP contribution in [0.25, 0.3) is 0 Å². The van der Waals surface area contributed by atoms with Crippen LogP contribution in [0.1, 0.15) is 69.2 Å². The van der Waals surface area contributed by atoms with E-state index < -0.39 is 130 Å². The molecule has 0 amide bonds. The summed E-state index contributed by atoms with van der Waals surface area (Å²) >= 11 is 0. The van der Waals surface area contributed by atoms with Crippen LogP contribution >= 0.6 is 0 Å². The molecule has 0 spiro atoms. The maximum atomic E-state index is 6.65. The summed E-state index contributed by atoms with van der Waals surface area (Å²) in [6.45, 7) is 37.6. The zero-order chi connectivity index (χ0) is 42.4. The molecule has 0 aromatic rings. The first-order chi connectivity index (χ1) is 26.3. The van der Waals surface area contributed by atoms with Crippen LogP contribution in [0.15, 0.2) is 0 Å². The predicted octanol–water partition coefficient (Wildman–Crippen LogP) is 2.82. The Balaban J connectivity index is 0. The summed E-state index contributed by atoms with van der Waals surface area (Å²) in [6.07, 6.45) is 0.486. The lowest BCUT2D eigenvalue weighted by Gasteiger charge is -2.37. The summed E-state index contributed by atoms with van der Waals surface area (Å²) in [6, 6.07) is 7.95. The smallest absolute Gasteiger partial charge is 0.316 e. The number of hydrogen-bond donors (Lipinski definition) is 0. The van der Waals surface area contributed by atoms with Gasteiger partial charge in [-0.25, -0.2) is 0 Å². The highest BCUT2D eigenvalue weighted by molar-refractivity contribution is 6.81. The molecule has 3 rings (SSSR count). The largest absolute Gasteiger partial charge is 0.446 e. The van der Waals surface area contributed by atoms with Crippen molar-refractivity contribution in [1.82, 2.24) is 0 Å². The highest BCUT2D eigenvalue weighted by Gasteiger charge is 2.40. The highest BCUT2D eigenvalue weighted by atomic mass is 28.5. The fourth-order valence-corrected chi connectivity index (χ4v) is 51.5. The maximum absolute atomic E-state index is 6.65. The van der Waals surface area contributed by atoms with Gasteiger partial charge in [-0.05, 0) is 115 Å². The van der Waals surface area contributed by atoms with E-state index in [1.165, 1.54) is 0 Å². The van der Waals surface area contributed by atoms with E-state index in [0.29, 0.717) is 0 Å². The highest BCUT2D eigenvalue weighted by Crippen LogP contribution is 2.24. The molecule has 0 radical (unpaired) electrons. The Labute approximate surface area is 364 Å². The van der Waals surface area contributed by atoms with Crippen molar-refractivity contribution in [2.75, 3.05) is 0 Å². The Hall–Kier alpha value is 2.52. The third-order valence-corrected chi connectivity index (χ3v) is 50.9. The van der Waals surface area contributed by atoms with Gasteiger partial charge in [0.25, 0.3) is 56.4 Å². The lowest BCUT2D eigenvalue weighted by atomic mass is 10.5. The minimum Gasteiger partial charge on any atom is -0.446 e. The molecule has 334 valence electrons. The van der Waals surface area contributed by atoms with Gasteiger partial charge in [-0.2, -0.15) is 0 Å². The Morgan fingerprint density at radius 1 is 0.582 bits per heavy atom. The first-order valence-electron chi connectivity index (χ1n) is 21.7. The molecule has 3 saturated heterocycles. The normalized spacial score (nSPS) is 35.6. The van der Waals surface area contributed by atoms with Crippen LogP contribution in [0, 0.1) is 0 Å². The second kappa shape index (κ2) is 37.1. The van der Waals surface area contributed by atoms with Crippen molar-refractivity contribution in [1.29, 1.82) is 0 Å². The lowest BCUT2D eigenvalue weighted by molar-refractivity contribution is 0.184. The predicted molar refractivity (Wildman–Crippen MR) is 267 cm³/mol. The van der Waals surface area contributed by atoms with Crippen molar-refractivity contribution in [2.45, 2.75) is 182 Å². The fourth-order valence-electron chi connectivity index (χ4n) is 6.23. The Kier molecular flexibility index (Phi) is 40.2. The van der Waals surface area contributed by atoms with Crippen molar-refractivity contribution in [3.05, 3.63) is 0 Å². The summed E-state index contributed by atoms with van der Waals surface area (Å²) < 4.78 is 82.6. The van der Waals surface area contributed by atoms with Crippen LogP contribution in [0.4, 0.5) is 0 Å². The lowest BCUT2D eigenvalue weighted by Crippen LogP contribution is -2.53. The SMILES string of the molecule is CC.CC.CC.CC.CC1C[SiH](C)O[SiH](C)O[SiH](CC[SiH2]O[SiH2]O[SiH](CC[Si]2(C)O[SiH](C)O[SiH](C)O[SiH](C)O2)O[SiH2]CC[SiH]2OC(C)C[SiH](C)O[SiH](C)O2)O1. The van der Waals surface area contributed by atoms with Gasteiger partial charge in [0.15, 0.2) is 18.1 Å². The summed E-state index contributed by atoms with van der Waals surface area (Å²) in [5.74, 6) is 0. The van der Waals surface area contributed by atoms with Crippen LogP contribution in [0.5, 0.6) is 0 Å². The number of rotatable bonds is 15. The molecule has 0 aromatic heterocycles. The summed E-state index contributed by atoms with van der Waals surface area (Å²) in [4.78, 5) is 0. The topological polar surface area (TPSA) is 120 Å². The van der Waals surface area contributed by atoms with Crippen LogP contribution < -0.4 is 0 Å². The van der Waals surface area contributed by atoms with Gasteiger partial charge in [-0.15, -0.1) is 0 Å². The first kappa shape index (κ1) is 59.6. The maximum Gasteiger partial charge on any atom is 0.316 e. The van der Waals surface area contributed by atoms with Crippen molar-refractivity contribution in [3.63, 3.8) is 0 Å². The van der Waals surface area contributed by atoms with Crippen LogP contribution in [0.2, 0.25) is 101 Å². The fraction of sp³-hybridized carbons (Fsp3) is 1.00. The average molecular weight is 1030 g/mol. The molecule has 0 saturated carbocycles. The number of hydrogen-bond acceptors (Lipinski definition) is 13. The minimum absolute atomic E-state index is 0.237. The summed E-state index contributed by atoms with van der Waals surface area (Å²) in [5.41, 5.74) is 0. The van der Waals surface area contributed by atoms with Gasteiger partial charge < -0.3 is 54.1 Å². The molecule has 11 atom stereocenters. The van der Waals surface area contributed by atoms with Gasteiger partial charge in [0, 0.05) is 12.2 Å². The second-order valence-corrected chi connectivity index (χ2v) is 45.9. The van der Waals surface area contributed by atoms with Gasteiger partial charge in [-0.3, -0.25) is 0 Å². The second-order valence-electron chi connectivity index (χ2n) is 13.2. The Morgan fingerprint density at radius 3 is 1.45 bits per heavy atom. The third-order valence-electron chi connectivity index (χ3n) is 8.02. The van der Waals surface area contributed by atoms with Gasteiger partial charge in [0.05, 0.1) is 0 Å². The van der Waals surface area contributed by atoms with E-state index in [0.717, 1.165) is 48.4 Å². The van der Waals surface area contributed by atoms with Gasteiger partial charge in [0.1, 0.15) is 19.5 Å². The minimum atomic E-state index is -2.44. The van der Waals surface area contributed by atoms with Crippen LogP contribution in [-0.4, -0.2) is 143 Å². The van der Waals surface area contributed by atoms with E-state index >= 15 is 0 Å². The van der Waals surface area contributed by atoms with E-state index in [1.807, 2.05) is 55.4 Å². The first-order valence-corrected chi connectivity index (χ1v) is 49.2. The van der Waals surface area contributed by atoms with Crippen molar-refractivity contribution in [2.24, 2.45) is 0 Å². The molecule has 55 heavy (non-hydrogen) atoms. The van der Waals surface area contributed by atoms with E-state index in [-0.39, 0.29) is 12.2 Å². The van der Waals surface area contributed by atoms with Gasteiger partial charge in [-0.1, -0.05) is 55.4 Å². The van der Waals surface area contributed by atoms with Crippen molar-refractivity contribution >= 4 is 130 Å². The zero-order valence-corrected chi connectivity index (χ0v) is 55.3. The molecule has 3 aliphatic heterocycles. The van der Waals surface area contributed by atoms with E-state index in [4.69, 9.17) is 54.1 Å². The average Bonchev–Trinajstić information content (AvgIpc) is 3.11. The molecule has 3 aliphatic rings. The molecule has 0 aliphatic carbocycles. The van der Waals surface area contributed by atoms with Crippen molar-refractivity contribution < 1.29 is 54.1 Å². The standard InChI is InChI=1S/C20H64O13Si14.4C2H6/c1-19-17-37(3)26-39(5)30-44(21-19)13-11-34-23-36-25-46(15-16-47(10)32-42(8)28-41(7)29-43(9)33-47)24-35-12-14-45-22-20(2)18-38(4)27-40(6)31-45;4*1-2/h19-20,37-46H,11-18,34-36H2,1-10H3;4*1-2H3. The summed E-state index contributed by atoms with van der Waals surface area (Å²) in [7, 11) is -21.1. The molecular formula is C28H88O13Si14. The molecule has 27 heteroatoms. The molecule has 0 bridgehead atoms. The van der Waals surface area contributed by atoms with E-state index in [2.05, 4.69) is 66.2 Å². The molecule has 3 heterocycles. The van der Waals surface area contributed by atoms with Crippen LogP contribution in [0.3, 0.4) is 0 Å². The molecule has 0 aromatic carbocycles. The monoisotopic (exact) mass is 1020 g/mol. The van der Waals surface area contributed by atoms with Crippen LogP contribution in [-0.2, 0) is 54.1 Å². The molecular weight excluding hydrogens is 937 g/mol. The van der Waals surface area contributed by atoms with E-state index in [9.17, 15) is 0 Å². The molecule has 11 unspecified atom stereocenters. The van der Waals surface area contributed by atoms with E-state index in [1.54, 1.807) is 0 Å². The Morgan fingerprint density at radius 2 is 1.00 bits per heavy atom. The zero-order valence-electron chi connectivity index (χ0n) is 38.5. The molecule has 13 nitrogen and oxygen atoms in total. The molecule has 0 N–H and O–H groups in total. The van der Waals surface area contributed by atoms with Gasteiger partial charge in [0.2, 0.25) is 0 Å². The third kappa shape index (κ3) is 30.2. The molecule has 3 fully saturated rings. The Bertz CT molecular complexity index is 836. The summed E-state index contributed by atoms with van der Waals surface area (Å²) in [5, 5.41) is 0.